The number of para-hydroxylation sites is 1. The lowest BCUT2D eigenvalue weighted by Crippen LogP contribution is -2.33. The van der Waals surface area contributed by atoms with Crippen LogP contribution in [-0.4, -0.2) is 24.2 Å². The molecular weight excluding hydrogens is 238 g/mol. The molecule has 0 aliphatic carbocycles. The molecule has 1 N–H and O–H groups in total. The highest BCUT2D eigenvalue weighted by Gasteiger charge is 2.18. The Hall–Kier alpha value is -1.51. The normalized spacial score (nSPS) is 12.1. The van der Waals surface area contributed by atoms with Crippen molar-refractivity contribution in [2.45, 2.75) is 51.5 Å². The number of anilines is 1. The predicted octanol–water partition coefficient (Wildman–Crippen LogP) is 3.94. The van der Waals surface area contributed by atoms with Crippen molar-refractivity contribution < 1.29 is 9.90 Å². The van der Waals surface area contributed by atoms with E-state index >= 15 is 0 Å². The minimum Gasteiger partial charge on any atom is -0.481 e. The average molecular weight is 263 g/mol. The maximum absolute atomic E-state index is 11.0. The lowest BCUT2D eigenvalue weighted by molar-refractivity contribution is -0.137. The van der Waals surface area contributed by atoms with E-state index < -0.39 is 5.97 Å². The highest BCUT2D eigenvalue weighted by atomic mass is 16.4. The molecule has 106 valence electrons. The Morgan fingerprint density at radius 3 is 2.47 bits per heavy atom. The smallest absolute Gasteiger partial charge is 0.305 e. The fraction of sp³-hybridized carbons (Fsp3) is 0.562. The van der Waals surface area contributed by atoms with E-state index in [1.807, 2.05) is 37.4 Å². The zero-order chi connectivity index (χ0) is 14.1. The molecule has 3 heteroatoms. The molecule has 1 aromatic carbocycles. The molecule has 1 aromatic rings. The summed E-state index contributed by atoms with van der Waals surface area (Å²) >= 11 is 0. The summed E-state index contributed by atoms with van der Waals surface area (Å²) < 4.78 is 0. The minimum atomic E-state index is -0.719. The highest BCUT2D eigenvalue weighted by molar-refractivity contribution is 5.68. The summed E-state index contributed by atoms with van der Waals surface area (Å²) in [6, 6.07) is 10.1. The fourth-order valence-electron chi connectivity index (χ4n) is 2.31. The first kappa shape index (κ1) is 15.5. The number of carboxylic acids is 1. The number of nitrogens with zero attached hydrogens (tertiary/aromatic N) is 1. The second kappa shape index (κ2) is 8.57. The molecule has 1 rings (SSSR count). The zero-order valence-electron chi connectivity index (χ0n) is 12.0. The van der Waals surface area contributed by atoms with Gasteiger partial charge < -0.3 is 10.0 Å². The molecule has 0 bridgehead atoms. The standard InChI is InChI=1S/C16H25NO2/c1-3-4-5-7-12-15(13-16(18)19)17(2)14-10-8-6-9-11-14/h6,8-11,15H,3-5,7,12-13H2,1-2H3,(H,18,19). The summed E-state index contributed by atoms with van der Waals surface area (Å²) in [7, 11) is 1.99. The van der Waals surface area contributed by atoms with Crippen LogP contribution in [0.4, 0.5) is 5.69 Å². The van der Waals surface area contributed by atoms with Crippen molar-refractivity contribution in [3.8, 4) is 0 Å². The maximum atomic E-state index is 11.0. The Morgan fingerprint density at radius 2 is 1.89 bits per heavy atom. The molecule has 19 heavy (non-hydrogen) atoms. The monoisotopic (exact) mass is 263 g/mol. The van der Waals surface area contributed by atoms with Gasteiger partial charge in [-0.1, -0.05) is 50.8 Å². The Labute approximate surface area is 116 Å². The number of carboxylic acid groups (broad SMARTS) is 1. The second-order valence-corrected chi connectivity index (χ2v) is 5.05. The molecule has 3 nitrogen and oxygen atoms in total. The fourth-order valence-corrected chi connectivity index (χ4v) is 2.31. The Morgan fingerprint density at radius 1 is 1.21 bits per heavy atom. The summed E-state index contributed by atoms with van der Waals surface area (Å²) in [5, 5.41) is 9.06. The van der Waals surface area contributed by atoms with Crippen molar-refractivity contribution in [1.29, 1.82) is 0 Å². The van der Waals surface area contributed by atoms with E-state index in [1.165, 1.54) is 19.3 Å². The van der Waals surface area contributed by atoms with Crippen LogP contribution in [0.1, 0.15) is 45.4 Å². The molecule has 0 spiro atoms. The molecule has 0 heterocycles. The van der Waals surface area contributed by atoms with Crippen molar-refractivity contribution >= 4 is 11.7 Å². The number of rotatable bonds is 9. The third-order valence-electron chi connectivity index (χ3n) is 3.51. The van der Waals surface area contributed by atoms with Gasteiger partial charge in [0.1, 0.15) is 0 Å². The summed E-state index contributed by atoms with van der Waals surface area (Å²) in [5.74, 6) is -0.719. The number of carbonyl (C=O) groups is 1. The van der Waals surface area contributed by atoms with Gasteiger partial charge in [0.2, 0.25) is 0 Å². The molecule has 0 amide bonds. The number of benzene rings is 1. The van der Waals surface area contributed by atoms with Crippen LogP contribution in [0.15, 0.2) is 30.3 Å². The van der Waals surface area contributed by atoms with E-state index in [2.05, 4.69) is 11.8 Å². The van der Waals surface area contributed by atoms with Crippen LogP contribution in [-0.2, 0) is 4.79 Å². The van der Waals surface area contributed by atoms with E-state index in [0.29, 0.717) is 0 Å². The molecule has 0 radical (unpaired) electrons. The average Bonchev–Trinajstić information content (AvgIpc) is 2.42. The van der Waals surface area contributed by atoms with Gasteiger partial charge in [0.25, 0.3) is 0 Å². The van der Waals surface area contributed by atoms with Crippen molar-refractivity contribution in [2.24, 2.45) is 0 Å². The van der Waals surface area contributed by atoms with Crippen LogP contribution >= 0.6 is 0 Å². The van der Waals surface area contributed by atoms with Crippen molar-refractivity contribution in [3.63, 3.8) is 0 Å². The largest absolute Gasteiger partial charge is 0.481 e. The molecule has 0 aliphatic rings. The highest BCUT2D eigenvalue weighted by Crippen LogP contribution is 2.20. The van der Waals surface area contributed by atoms with Crippen LogP contribution in [0, 0.1) is 0 Å². The van der Waals surface area contributed by atoms with E-state index in [1.54, 1.807) is 0 Å². The summed E-state index contributed by atoms with van der Waals surface area (Å²) in [4.78, 5) is 13.1. The first-order valence-electron chi connectivity index (χ1n) is 7.14. The van der Waals surface area contributed by atoms with E-state index in [0.717, 1.165) is 18.5 Å². The van der Waals surface area contributed by atoms with Crippen LogP contribution in [0.3, 0.4) is 0 Å². The van der Waals surface area contributed by atoms with Crippen molar-refractivity contribution in [3.05, 3.63) is 30.3 Å². The molecule has 0 fully saturated rings. The van der Waals surface area contributed by atoms with Gasteiger partial charge in [-0.25, -0.2) is 0 Å². The quantitative estimate of drug-likeness (QED) is 0.686. The maximum Gasteiger partial charge on any atom is 0.305 e. The van der Waals surface area contributed by atoms with E-state index in [-0.39, 0.29) is 12.5 Å². The summed E-state index contributed by atoms with van der Waals surface area (Å²) in [6.45, 7) is 2.19. The SMILES string of the molecule is CCCCCCC(CC(=O)O)N(C)c1ccccc1. The van der Waals surface area contributed by atoms with Crippen molar-refractivity contribution in [2.75, 3.05) is 11.9 Å². The lowest BCUT2D eigenvalue weighted by Gasteiger charge is -2.29. The third-order valence-corrected chi connectivity index (χ3v) is 3.51. The number of aliphatic carboxylic acids is 1. The molecular formula is C16H25NO2. The van der Waals surface area contributed by atoms with Crippen LogP contribution in [0.2, 0.25) is 0 Å². The van der Waals surface area contributed by atoms with Crippen LogP contribution in [0.5, 0.6) is 0 Å². The number of hydrogen-bond donors (Lipinski definition) is 1. The zero-order valence-corrected chi connectivity index (χ0v) is 12.0. The molecule has 1 atom stereocenters. The summed E-state index contributed by atoms with van der Waals surface area (Å²) in [5.41, 5.74) is 1.09. The number of unbranched alkanes of at least 4 members (excludes halogenated alkanes) is 3. The minimum absolute atomic E-state index is 0.0803. The van der Waals surface area contributed by atoms with Gasteiger partial charge in [0.05, 0.1) is 6.42 Å². The lowest BCUT2D eigenvalue weighted by atomic mass is 10.0. The predicted molar refractivity (Wildman–Crippen MR) is 79.6 cm³/mol. The van der Waals surface area contributed by atoms with Crippen LogP contribution in [0.25, 0.3) is 0 Å². The van der Waals surface area contributed by atoms with Gasteiger partial charge in [0.15, 0.2) is 0 Å². The summed E-state index contributed by atoms with van der Waals surface area (Å²) in [6.07, 6.45) is 5.88. The Kier molecular flexibility index (Phi) is 7.01. The first-order valence-corrected chi connectivity index (χ1v) is 7.14. The van der Waals surface area contributed by atoms with Gasteiger partial charge in [-0.2, -0.15) is 0 Å². The topological polar surface area (TPSA) is 40.5 Å². The number of hydrogen-bond acceptors (Lipinski definition) is 2. The van der Waals surface area contributed by atoms with Gasteiger partial charge in [-0.15, -0.1) is 0 Å². The Balaban J connectivity index is 2.59. The van der Waals surface area contributed by atoms with Crippen LogP contribution < -0.4 is 4.90 Å². The molecule has 0 saturated heterocycles. The first-order chi connectivity index (χ1) is 9.15. The van der Waals surface area contributed by atoms with Gasteiger partial charge in [-0.3, -0.25) is 4.79 Å². The second-order valence-electron chi connectivity index (χ2n) is 5.05. The molecule has 0 saturated carbocycles. The van der Waals surface area contributed by atoms with E-state index in [9.17, 15) is 4.79 Å². The molecule has 0 aliphatic heterocycles. The van der Waals surface area contributed by atoms with Crippen molar-refractivity contribution in [1.82, 2.24) is 0 Å². The van der Waals surface area contributed by atoms with Gasteiger partial charge in [-0.05, 0) is 18.6 Å². The van der Waals surface area contributed by atoms with E-state index in [4.69, 9.17) is 5.11 Å². The van der Waals surface area contributed by atoms with Gasteiger partial charge >= 0.3 is 5.97 Å². The molecule has 0 aromatic heterocycles. The Bertz CT molecular complexity index is 364. The third kappa shape index (κ3) is 5.77. The molecule has 1 unspecified atom stereocenters. The van der Waals surface area contributed by atoms with Gasteiger partial charge in [0, 0.05) is 18.8 Å².